The largest absolute Gasteiger partial charge is 0.344 e. The number of carbonyl (C=O) groups is 2. The van der Waals surface area contributed by atoms with Crippen LogP contribution in [0.25, 0.3) is 11.0 Å². The number of H-pyrrole nitrogens is 1. The van der Waals surface area contributed by atoms with E-state index >= 15 is 0 Å². The molecule has 2 bridgehead atoms. The maximum Gasteiger partial charge on any atom is 0.269 e. The number of aromatic amines is 1. The van der Waals surface area contributed by atoms with Crippen molar-refractivity contribution in [3.63, 3.8) is 0 Å². The van der Waals surface area contributed by atoms with Gasteiger partial charge in [0.05, 0.1) is 18.1 Å². The van der Waals surface area contributed by atoms with Gasteiger partial charge in [0.25, 0.3) is 5.91 Å². The van der Waals surface area contributed by atoms with Crippen LogP contribution in [0, 0.1) is 0 Å². The Morgan fingerprint density at radius 1 is 1.17 bits per heavy atom. The van der Waals surface area contributed by atoms with Crippen LogP contribution in [0.15, 0.2) is 30.6 Å². The smallest absolute Gasteiger partial charge is 0.269 e. The third-order valence-electron chi connectivity index (χ3n) is 6.35. The third-order valence-corrected chi connectivity index (χ3v) is 7.71. The molecule has 3 aromatic heterocycles. The van der Waals surface area contributed by atoms with E-state index in [2.05, 4.69) is 25.3 Å². The topological polar surface area (TPSA) is 144 Å². The molecule has 2 aliphatic rings. The summed E-state index contributed by atoms with van der Waals surface area (Å²) in [4.78, 5) is 44.2. The quantitative estimate of drug-likeness (QED) is 0.536. The molecule has 2 N–H and O–H groups in total. The van der Waals surface area contributed by atoms with Gasteiger partial charge in [-0.05, 0) is 31.0 Å². The monoisotopic (exact) mass is 498 g/mol. The molecule has 13 heteroatoms. The standard InChI is InChI=1S/C22H26N8O4S/c1-28(2)21(32)17-8-13-10-24-22(27-20(13)25-17)26-18-7-6-15(11-23-18)29-12-16-5-4-14(9-19(29)31)30(16)35(3,33)34/h6-8,10-11,14,16H,4-5,9,12H2,1-3H3,(H2,23,24,25,26,27)/t14-,16+/m1/s1. The van der Waals surface area contributed by atoms with Gasteiger partial charge in [-0.15, -0.1) is 0 Å². The van der Waals surface area contributed by atoms with Crippen molar-refractivity contribution < 1.29 is 18.0 Å². The van der Waals surface area contributed by atoms with Crippen molar-refractivity contribution in [1.29, 1.82) is 0 Å². The second-order valence-corrected chi connectivity index (χ2v) is 11.0. The van der Waals surface area contributed by atoms with E-state index in [-0.39, 0.29) is 30.3 Å². The molecule has 0 unspecified atom stereocenters. The van der Waals surface area contributed by atoms with E-state index < -0.39 is 10.0 Å². The van der Waals surface area contributed by atoms with Crippen LogP contribution in [0.1, 0.15) is 29.8 Å². The summed E-state index contributed by atoms with van der Waals surface area (Å²) in [5.41, 5.74) is 1.54. The summed E-state index contributed by atoms with van der Waals surface area (Å²) in [5, 5.41) is 3.73. The van der Waals surface area contributed by atoms with Crippen LogP contribution in [0.4, 0.5) is 17.5 Å². The van der Waals surface area contributed by atoms with Gasteiger partial charge in [0, 0.05) is 50.7 Å². The molecule has 2 fully saturated rings. The van der Waals surface area contributed by atoms with Crippen molar-refractivity contribution in [2.75, 3.05) is 37.1 Å². The lowest BCUT2D eigenvalue weighted by atomic mass is 10.1. The number of nitrogens with one attached hydrogen (secondary N) is 2. The molecule has 0 spiro atoms. The second kappa shape index (κ2) is 8.57. The van der Waals surface area contributed by atoms with Crippen LogP contribution in [-0.4, -0.2) is 88.4 Å². The first-order chi connectivity index (χ1) is 16.6. The van der Waals surface area contributed by atoms with Crippen molar-refractivity contribution in [3.8, 4) is 0 Å². The average Bonchev–Trinajstić information content (AvgIpc) is 3.36. The van der Waals surface area contributed by atoms with E-state index in [0.29, 0.717) is 47.1 Å². The van der Waals surface area contributed by atoms with E-state index in [1.807, 2.05) is 0 Å². The Morgan fingerprint density at radius 2 is 1.94 bits per heavy atom. The fraction of sp³-hybridized carbons (Fsp3) is 0.409. The van der Waals surface area contributed by atoms with Gasteiger partial charge < -0.3 is 20.1 Å². The van der Waals surface area contributed by atoms with Gasteiger partial charge in [0.2, 0.25) is 21.9 Å². The van der Waals surface area contributed by atoms with Gasteiger partial charge in [0.15, 0.2) is 0 Å². The van der Waals surface area contributed by atoms with Crippen LogP contribution < -0.4 is 10.2 Å². The van der Waals surface area contributed by atoms with Gasteiger partial charge >= 0.3 is 0 Å². The van der Waals surface area contributed by atoms with E-state index in [4.69, 9.17) is 0 Å². The SMILES string of the molecule is CN(C)C(=O)c1cc2cnc(Nc3ccc(N4C[C@@H]5CC[C@H](CC4=O)N5S(C)(=O)=O)cn3)nc2[nH]1. The number of amides is 2. The molecule has 5 rings (SSSR count). The molecule has 0 saturated carbocycles. The number of hydrogen-bond donors (Lipinski definition) is 2. The Labute approximate surface area is 202 Å². The molecule has 0 aliphatic carbocycles. The van der Waals surface area contributed by atoms with E-state index in [1.165, 1.54) is 15.5 Å². The molecule has 5 heterocycles. The molecule has 12 nitrogen and oxygen atoms in total. The van der Waals surface area contributed by atoms with Crippen LogP contribution in [0.2, 0.25) is 0 Å². The minimum absolute atomic E-state index is 0.114. The molecule has 2 aliphatic heterocycles. The van der Waals surface area contributed by atoms with Crippen molar-refractivity contribution in [1.82, 2.24) is 29.1 Å². The van der Waals surface area contributed by atoms with Gasteiger partial charge in [-0.1, -0.05) is 0 Å². The van der Waals surface area contributed by atoms with Crippen molar-refractivity contribution in [2.24, 2.45) is 0 Å². The normalized spacial score (nSPS) is 20.8. The lowest BCUT2D eigenvalue weighted by Gasteiger charge is -2.26. The zero-order chi connectivity index (χ0) is 24.9. The Kier molecular flexibility index (Phi) is 5.68. The van der Waals surface area contributed by atoms with Gasteiger partial charge in [0.1, 0.15) is 17.2 Å². The highest BCUT2D eigenvalue weighted by Gasteiger charge is 2.45. The first-order valence-corrected chi connectivity index (χ1v) is 13.0. The molecule has 3 aromatic rings. The van der Waals surface area contributed by atoms with Gasteiger partial charge in [-0.2, -0.15) is 9.29 Å². The third kappa shape index (κ3) is 4.44. The molecule has 2 atom stereocenters. The Morgan fingerprint density at radius 3 is 2.63 bits per heavy atom. The zero-order valence-electron chi connectivity index (χ0n) is 19.6. The summed E-state index contributed by atoms with van der Waals surface area (Å²) >= 11 is 0. The molecular formula is C22H26N8O4S. The van der Waals surface area contributed by atoms with Crippen LogP contribution in [0.3, 0.4) is 0 Å². The Bertz CT molecular complexity index is 1400. The van der Waals surface area contributed by atoms with Gasteiger partial charge in [-0.25, -0.2) is 18.4 Å². The molecule has 0 aromatic carbocycles. The maximum atomic E-state index is 12.9. The van der Waals surface area contributed by atoms with Crippen molar-refractivity contribution >= 4 is 50.3 Å². The summed E-state index contributed by atoms with van der Waals surface area (Å²) in [5.74, 6) is 0.504. The maximum absolute atomic E-state index is 12.9. The zero-order valence-corrected chi connectivity index (χ0v) is 20.4. The number of aromatic nitrogens is 4. The number of rotatable bonds is 5. The summed E-state index contributed by atoms with van der Waals surface area (Å²) in [7, 11) is -0.0397. The lowest BCUT2D eigenvalue weighted by Crippen LogP contribution is -2.42. The predicted molar refractivity (Wildman–Crippen MR) is 130 cm³/mol. The average molecular weight is 499 g/mol. The predicted octanol–water partition coefficient (Wildman–Crippen LogP) is 1.33. The van der Waals surface area contributed by atoms with Crippen LogP contribution in [0.5, 0.6) is 0 Å². The molecule has 2 amide bonds. The number of pyridine rings is 1. The fourth-order valence-electron chi connectivity index (χ4n) is 4.78. The lowest BCUT2D eigenvalue weighted by molar-refractivity contribution is -0.118. The number of anilines is 3. The van der Waals surface area contributed by atoms with Crippen molar-refractivity contribution in [3.05, 3.63) is 36.3 Å². The number of fused-ring (bicyclic) bond motifs is 3. The van der Waals surface area contributed by atoms with E-state index in [0.717, 1.165) is 6.42 Å². The first-order valence-electron chi connectivity index (χ1n) is 11.2. The Hall–Kier alpha value is -3.58. The molecular weight excluding hydrogens is 472 g/mol. The molecule has 2 saturated heterocycles. The van der Waals surface area contributed by atoms with Crippen LogP contribution in [-0.2, 0) is 14.8 Å². The second-order valence-electron chi connectivity index (χ2n) is 9.09. The highest BCUT2D eigenvalue weighted by Crippen LogP contribution is 2.34. The van der Waals surface area contributed by atoms with E-state index in [9.17, 15) is 18.0 Å². The number of hydrogen-bond acceptors (Lipinski definition) is 8. The summed E-state index contributed by atoms with van der Waals surface area (Å²) < 4.78 is 26.0. The summed E-state index contributed by atoms with van der Waals surface area (Å²) in [6, 6.07) is 4.66. The van der Waals surface area contributed by atoms with Gasteiger partial charge in [-0.3, -0.25) is 9.59 Å². The highest BCUT2D eigenvalue weighted by atomic mass is 32.2. The number of carbonyl (C=O) groups excluding carboxylic acids is 2. The minimum atomic E-state index is -3.39. The summed E-state index contributed by atoms with van der Waals surface area (Å²) in [6.45, 7) is 0.303. The number of nitrogens with zero attached hydrogens (tertiary/aromatic N) is 6. The fourth-order valence-corrected chi connectivity index (χ4v) is 6.22. The molecule has 184 valence electrons. The Balaban J connectivity index is 1.32. The first kappa shape index (κ1) is 23.2. The van der Waals surface area contributed by atoms with E-state index in [1.54, 1.807) is 49.6 Å². The van der Waals surface area contributed by atoms with Crippen molar-refractivity contribution in [2.45, 2.75) is 31.3 Å². The number of sulfonamides is 1. The minimum Gasteiger partial charge on any atom is -0.344 e. The highest BCUT2D eigenvalue weighted by molar-refractivity contribution is 7.88. The molecule has 35 heavy (non-hydrogen) atoms. The molecule has 0 radical (unpaired) electrons. The van der Waals surface area contributed by atoms with Crippen LogP contribution >= 0.6 is 0 Å². The summed E-state index contributed by atoms with van der Waals surface area (Å²) in [6.07, 6.45) is 5.98.